The van der Waals surface area contributed by atoms with E-state index in [1.54, 1.807) is 6.20 Å². The van der Waals surface area contributed by atoms with Crippen LogP contribution >= 0.6 is 15.9 Å². The molecule has 0 aromatic carbocycles. The summed E-state index contributed by atoms with van der Waals surface area (Å²) in [5.41, 5.74) is 2.07. The van der Waals surface area contributed by atoms with Crippen LogP contribution in [0.1, 0.15) is 50.6 Å². The minimum Gasteiger partial charge on any atom is -0.393 e. The lowest BCUT2D eigenvalue weighted by Gasteiger charge is -2.25. The van der Waals surface area contributed by atoms with Gasteiger partial charge in [0.2, 0.25) is 5.95 Å². The first kappa shape index (κ1) is 16.6. The number of alkyl halides is 1. The van der Waals surface area contributed by atoms with Crippen LogP contribution in [0.25, 0.3) is 5.52 Å². The maximum atomic E-state index is 12.4. The lowest BCUT2D eigenvalue weighted by atomic mass is 9.85. The molecule has 2 aromatic heterocycles. The molecule has 0 unspecified atom stereocenters. The quantitative estimate of drug-likeness (QED) is 0.825. The van der Waals surface area contributed by atoms with E-state index in [0.717, 1.165) is 41.4 Å². The molecule has 0 spiro atoms. The minimum atomic E-state index is -0.360. The van der Waals surface area contributed by atoms with E-state index in [1.165, 1.54) is 0 Å². The van der Waals surface area contributed by atoms with E-state index in [1.807, 2.05) is 11.4 Å². The molecule has 5 nitrogen and oxygen atoms in total. The number of halogens is 2. The molecule has 3 rings (SSSR count). The van der Waals surface area contributed by atoms with E-state index >= 15 is 0 Å². The summed E-state index contributed by atoms with van der Waals surface area (Å²) in [4.78, 5) is 4.32. The summed E-state index contributed by atoms with van der Waals surface area (Å²) in [6.07, 6.45) is 5.63. The Hall–Kier alpha value is -1.21. The van der Waals surface area contributed by atoms with Crippen LogP contribution in [0.3, 0.4) is 0 Å². The third-order valence-electron chi connectivity index (χ3n) is 4.53. The van der Waals surface area contributed by atoms with E-state index in [0.29, 0.717) is 18.3 Å². The lowest BCUT2D eigenvalue weighted by Crippen LogP contribution is -2.20. The number of rotatable bonds is 5. The smallest absolute Gasteiger partial charge is 0.241 e. The molecule has 1 aliphatic rings. The van der Waals surface area contributed by atoms with Crippen molar-refractivity contribution in [2.75, 3.05) is 12.0 Å². The van der Waals surface area contributed by atoms with E-state index in [4.69, 9.17) is 0 Å². The average Bonchev–Trinajstić information content (AvgIpc) is 2.85. The number of aliphatic hydroxyl groups is 1. The SMILES string of the molecule is C[C@@H](CCF)Nc1ncc2c(Br)cc(C3CCC(O)CC3)n2n1. The molecular weight excluding hydrogens is 363 g/mol. The first-order valence-electron chi connectivity index (χ1n) is 8.13. The third kappa shape index (κ3) is 3.66. The number of fused-ring (bicyclic) bond motifs is 1. The van der Waals surface area contributed by atoms with E-state index in [2.05, 4.69) is 37.4 Å². The first-order chi connectivity index (χ1) is 11.1. The molecule has 1 atom stereocenters. The maximum absolute atomic E-state index is 12.4. The summed E-state index contributed by atoms with van der Waals surface area (Å²) in [7, 11) is 0. The maximum Gasteiger partial charge on any atom is 0.241 e. The molecule has 2 N–H and O–H groups in total. The van der Waals surface area contributed by atoms with Crippen molar-refractivity contribution in [3.05, 3.63) is 22.4 Å². The van der Waals surface area contributed by atoms with Gasteiger partial charge in [0.15, 0.2) is 0 Å². The molecule has 2 heterocycles. The Morgan fingerprint density at radius 2 is 2.17 bits per heavy atom. The summed E-state index contributed by atoms with van der Waals surface area (Å²) in [5, 5.41) is 17.4. The van der Waals surface area contributed by atoms with Crippen LogP contribution in [-0.4, -0.2) is 38.5 Å². The third-order valence-corrected chi connectivity index (χ3v) is 5.16. The normalized spacial score (nSPS) is 23.1. The largest absolute Gasteiger partial charge is 0.393 e. The van der Waals surface area contributed by atoms with Crippen LogP contribution in [0.5, 0.6) is 0 Å². The van der Waals surface area contributed by atoms with E-state index in [-0.39, 0.29) is 18.8 Å². The van der Waals surface area contributed by atoms with Crippen molar-refractivity contribution in [1.82, 2.24) is 14.6 Å². The lowest BCUT2D eigenvalue weighted by molar-refractivity contribution is 0.121. The summed E-state index contributed by atoms with van der Waals surface area (Å²) < 4.78 is 15.3. The number of aromatic nitrogens is 3. The van der Waals surface area contributed by atoms with Crippen molar-refractivity contribution < 1.29 is 9.50 Å². The molecule has 126 valence electrons. The van der Waals surface area contributed by atoms with Gasteiger partial charge in [-0.1, -0.05) is 0 Å². The second-order valence-electron chi connectivity index (χ2n) is 6.32. The van der Waals surface area contributed by atoms with Gasteiger partial charge < -0.3 is 10.4 Å². The molecule has 0 saturated heterocycles. The van der Waals surface area contributed by atoms with Crippen LogP contribution in [0.4, 0.5) is 10.3 Å². The first-order valence-corrected chi connectivity index (χ1v) is 8.92. The Balaban J connectivity index is 1.89. The second kappa shape index (κ2) is 7.13. The molecule has 1 fully saturated rings. The predicted octanol–water partition coefficient (Wildman–Crippen LogP) is 3.67. The van der Waals surface area contributed by atoms with Gasteiger partial charge in [-0.15, -0.1) is 5.10 Å². The van der Waals surface area contributed by atoms with Crippen molar-refractivity contribution in [1.29, 1.82) is 0 Å². The number of hydrogen-bond acceptors (Lipinski definition) is 4. The summed E-state index contributed by atoms with van der Waals surface area (Å²) in [6.45, 7) is 1.56. The van der Waals surface area contributed by atoms with Gasteiger partial charge in [0.25, 0.3) is 0 Å². The van der Waals surface area contributed by atoms with Gasteiger partial charge in [0.05, 0.1) is 24.5 Å². The fourth-order valence-electron chi connectivity index (χ4n) is 3.16. The van der Waals surface area contributed by atoms with Crippen LogP contribution in [0.15, 0.2) is 16.7 Å². The van der Waals surface area contributed by atoms with Crippen molar-refractivity contribution in [2.24, 2.45) is 0 Å². The topological polar surface area (TPSA) is 62.5 Å². The van der Waals surface area contributed by atoms with Crippen LogP contribution in [-0.2, 0) is 0 Å². The number of anilines is 1. The zero-order valence-electron chi connectivity index (χ0n) is 13.2. The van der Waals surface area contributed by atoms with Gasteiger partial charge >= 0.3 is 0 Å². The Bertz CT molecular complexity index is 669. The van der Waals surface area contributed by atoms with Crippen LogP contribution < -0.4 is 5.32 Å². The highest BCUT2D eigenvalue weighted by molar-refractivity contribution is 9.10. The van der Waals surface area contributed by atoms with E-state index < -0.39 is 0 Å². The van der Waals surface area contributed by atoms with Gasteiger partial charge in [0.1, 0.15) is 0 Å². The zero-order chi connectivity index (χ0) is 16.4. The second-order valence-corrected chi connectivity index (χ2v) is 7.18. The monoisotopic (exact) mass is 384 g/mol. The van der Waals surface area contributed by atoms with Gasteiger partial charge in [-0.3, -0.25) is 4.39 Å². The van der Waals surface area contributed by atoms with Crippen molar-refractivity contribution >= 4 is 27.4 Å². The number of nitrogens with one attached hydrogen (secondary N) is 1. The Morgan fingerprint density at radius 1 is 1.43 bits per heavy atom. The van der Waals surface area contributed by atoms with Gasteiger partial charge in [0, 0.05) is 22.1 Å². The number of aliphatic hydroxyl groups excluding tert-OH is 1. The fraction of sp³-hybridized carbons (Fsp3) is 0.625. The van der Waals surface area contributed by atoms with Gasteiger partial charge in [-0.05, 0) is 61.0 Å². The molecule has 0 aliphatic heterocycles. The molecule has 0 bridgehead atoms. The Morgan fingerprint density at radius 3 is 2.87 bits per heavy atom. The number of nitrogens with zero attached hydrogens (tertiary/aromatic N) is 3. The highest BCUT2D eigenvalue weighted by Crippen LogP contribution is 2.36. The molecular formula is C16H22BrFN4O. The average molecular weight is 385 g/mol. The van der Waals surface area contributed by atoms with Crippen LogP contribution in [0, 0.1) is 0 Å². The van der Waals surface area contributed by atoms with Crippen molar-refractivity contribution in [3.63, 3.8) is 0 Å². The van der Waals surface area contributed by atoms with Crippen LogP contribution in [0.2, 0.25) is 0 Å². The minimum absolute atomic E-state index is 0.00951. The molecule has 7 heteroatoms. The highest BCUT2D eigenvalue weighted by atomic mass is 79.9. The number of hydrogen-bond donors (Lipinski definition) is 2. The standard InChI is InChI=1S/C16H22BrFN4O/c1-10(6-7-18)20-16-19-9-15-13(17)8-14(22(15)21-16)11-2-4-12(23)5-3-11/h8-12,23H,2-7H2,1H3,(H,20,21)/t10-,11?,12?/m0/s1. The summed E-state index contributed by atoms with van der Waals surface area (Å²) in [5.74, 6) is 0.904. The molecule has 0 radical (unpaired) electrons. The Kier molecular flexibility index (Phi) is 5.16. The van der Waals surface area contributed by atoms with Gasteiger partial charge in [-0.25, -0.2) is 9.50 Å². The molecule has 23 heavy (non-hydrogen) atoms. The summed E-state index contributed by atoms with van der Waals surface area (Å²) >= 11 is 3.58. The molecule has 0 amide bonds. The van der Waals surface area contributed by atoms with Crippen molar-refractivity contribution in [2.45, 2.75) is 57.1 Å². The fourth-order valence-corrected chi connectivity index (χ4v) is 3.67. The van der Waals surface area contributed by atoms with E-state index in [9.17, 15) is 9.50 Å². The Labute approximate surface area is 143 Å². The van der Waals surface area contributed by atoms with Gasteiger partial charge in [-0.2, -0.15) is 0 Å². The predicted molar refractivity (Wildman–Crippen MR) is 91.6 cm³/mol. The highest BCUT2D eigenvalue weighted by Gasteiger charge is 2.24. The molecule has 2 aromatic rings. The molecule has 1 saturated carbocycles. The zero-order valence-corrected chi connectivity index (χ0v) is 14.8. The van der Waals surface area contributed by atoms with Crippen molar-refractivity contribution in [3.8, 4) is 0 Å². The summed E-state index contributed by atoms with van der Waals surface area (Å²) in [6, 6.07) is 2.09. The molecule has 1 aliphatic carbocycles.